The Hall–Kier alpha value is -5.87. The second-order valence-electron chi connectivity index (χ2n) is 12.5. The lowest BCUT2D eigenvalue weighted by Gasteiger charge is -2.33. The number of rotatable bonds is 13. The lowest BCUT2D eigenvalue weighted by atomic mass is 10.0. The van der Waals surface area contributed by atoms with Gasteiger partial charge in [-0.25, -0.2) is 9.24 Å². The molecule has 0 aliphatic carbocycles. The zero-order chi connectivity index (χ0) is 35.0. The largest absolute Gasteiger partial charge is 0.375 e. The van der Waals surface area contributed by atoms with Gasteiger partial charge in [0, 0.05) is 71.1 Å². The first-order valence-corrected chi connectivity index (χ1v) is 16.5. The van der Waals surface area contributed by atoms with E-state index in [4.69, 9.17) is 6.57 Å². The van der Waals surface area contributed by atoms with Crippen molar-refractivity contribution in [2.24, 2.45) is 4.99 Å². The van der Waals surface area contributed by atoms with E-state index in [0.717, 1.165) is 60.8 Å². The summed E-state index contributed by atoms with van der Waals surface area (Å²) in [5.74, 6) is 0.295. The van der Waals surface area contributed by atoms with Gasteiger partial charge in [0.2, 0.25) is 23.8 Å². The van der Waals surface area contributed by atoms with Gasteiger partial charge in [0.15, 0.2) is 5.69 Å². The van der Waals surface area contributed by atoms with Crippen molar-refractivity contribution < 1.29 is 9.18 Å². The first kappa shape index (κ1) is 34.0. The fourth-order valence-electron chi connectivity index (χ4n) is 5.93. The van der Waals surface area contributed by atoms with Crippen molar-refractivity contribution in [3.63, 3.8) is 0 Å². The molecule has 3 N–H and O–H groups in total. The van der Waals surface area contributed by atoms with Crippen molar-refractivity contribution in [3.05, 3.63) is 113 Å². The summed E-state index contributed by atoms with van der Waals surface area (Å²) in [6.07, 6.45) is 2.84. The number of benzene rings is 3. The van der Waals surface area contributed by atoms with Gasteiger partial charge < -0.3 is 25.8 Å². The molecule has 2 aliphatic rings. The van der Waals surface area contributed by atoms with Crippen molar-refractivity contribution in [2.45, 2.75) is 25.4 Å². The van der Waals surface area contributed by atoms with Crippen molar-refractivity contribution in [3.8, 4) is 0 Å². The number of hydrogen-bond acceptors (Lipinski definition) is 10. The van der Waals surface area contributed by atoms with Crippen molar-refractivity contribution in [1.29, 1.82) is 0 Å². The summed E-state index contributed by atoms with van der Waals surface area (Å²) >= 11 is 0. The van der Waals surface area contributed by atoms with Crippen LogP contribution in [0.4, 0.5) is 39.3 Å². The minimum Gasteiger partial charge on any atom is -0.375 e. The predicted octanol–water partition coefficient (Wildman–Crippen LogP) is 5.42. The molecule has 0 unspecified atom stereocenters. The zero-order valence-corrected chi connectivity index (χ0v) is 28.2. The third kappa shape index (κ3) is 8.77. The lowest BCUT2D eigenvalue weighted by Crippen LogP contribution is -2.43. The van der Waals surface area contributed by atoms with Crippen molar-refractivity contribution in [2.75, 3.05) is 62.8 Å². The van der Waals surface area contributed by atoms with Gasteiger partial charge >= 0.3 is 0 Å². The van der Waals surface area contributed by atoms with Crippen LogP contribution in [0.5, 0.6) is 0 Å². The minimum atomic E-state index is -0.694. The lowest BCUT2D eigenvalue weighted by molar-refractivity contribution is -0.129. The fourth-order valence-corrected chi connectivity index (χ4v) is 5.93. The Bertz CT molecular complexity index is 1910. The molecule has 1 aromatic heterocycles. The molecule has 3 aromatic carbocycles. The van der Waals surface area contributed by atoms with Crippen LogP contribution in [0.1, 0.15) is 16.7 Å². The normalized spacial score (nSPS) is 14.6. The molecule has 13 heteroatoms. The number of aromatic nitrogens is 3. The smallest absolute Gasteiger partial charge is 0.244 e. The third-order valence-electron chi connectivity index (χ3n) is 8.61. The SMILES string of the molecule is [C-]#[N+]c1ccc(C[C@H](Nc2nc(NCC3=Nc4cc(F)ccc4C3)nc(Nc3cccc(CN4CCN(C=C)CC4)c3)n2)C(=O)N(C)C)cc1. The monoisotopic (exact) mass is 673 g/mol. The molecule has 0 saturated carbocycles. The summed E-state index contributed by atoms with van der Waals surface area (Å²) in [4.78, 5) is 41.5. The van der Waals surface area contributed by atoms with Gasteiger partial charge in [0.25, 0.3) is 0 Å². The summed E-state index contributed by atoms with van der Waals surface area (Å²) in [6.45, 7) is 16.1. The molecule has 1 atom stereocenters. The number of hydrogen-bond donors (Lipinski definition) is 3. The summed E-state index contributed by atoms with van der Waals surface area (Å²) < 4.78 is 13.8. The van der Waals surface area contributed by atoms with Crippen LogP contribution < -0.4 is 16.0 Å². The number of aliphatic imine (C=N–C) groups is 1. The molecule has 1 fully saturated rings. The Labute approximate surface area is 291 Å². The highest BCUT2D eigenvalue weighted by Gasteiger charge is 2.23. The number of amides is 1. The molecule has 2 aliphatic heterocycles. The summed E-state index contributed by atoms with van der Waals surface area (Å²) in [7, 11) is 3.40. The van der Waals surface area contributed by atoms with E-state index < -0.39 is 6.04 Å². The van der Waals surface area contributed by atoms with E-state index in [9.17, 15) is 9.18 Å². The van der Waals surface area contributed by atoms with Gasteiger partial charge in [-0.1, -0.05) is 49.0 Å². The topological polar surface area (TPSA) is 118 Å². The van der Waals surface area contributed by atoms with Crippen LogP contribution in [0.25, 0.3) is 4.85 Å². The maximum absolute atomic E-state index is 13.8. The van der Waals surface area contributed by atoms with E-state index in [1.165, 1.54) is 17.0 Å². The molecule has 4 aromatic rings. The minimum absolute atomic E-state index is 0.157. The molecule has 12 nitrogen and oxygen atoms in total. The number of carbonyl (C=O) groups is 1. The second-order valence-corrected chi connectivity index (χ2v) is 12.5. The van der Waals surface area contributed by atoms with Gasteiger partial charge in [-0.2, -0.15) is 15.0 Å². The number of halogens is 1. The molecule has 0 radical (unpaired) electrons. The fraction of sp³-hybridized carbons (Fsp3) is 0.297. The quantitative estimate of drug-likeness (QED) is 0.160. The van der Waals surface area contributed by atoms with E-state index in [2.05, 4.69) is 69.3 Å². The van der Waals surface area contributed by atoms with Gasteiger partial charge in [0.1, 0.15) is 11.9 Å². The Balaban J connectivity index is 1.23. The molecule has 6 rings (SSSR count). The number of likely N-dealkylation sites (N-methyl/N-ethyl adjacent to an activating group) is 1. The molecular weight excluding hydrogens is 633 g/mol. The molecule has 50 heavy (non-hydrogen) atoms. The molecule has 0 spiro atoms. The number of nitrogens with one attached hydrogen (secondary N) is 3. The van der Waals surface area contributed by atoms with Gasteiger partial charge in [-0.05, 0) is 47.2 Å². The predicted molar refractivity (Wildman–Crippen MR) is 195 cm³/mol. The standard InChI is InChI=1S/C37H40FN11O/c1-5-48-15-17-49(18-16-48)24-26-7-6-8-30(19-26)42-36-44-35(40-23-31-21-27-11-12-28(38)22-32(27)41-31)45-37(46-36)43-33(34(50)47(3)4)20-25-9-13-29(39-2)14-10-25/h5-14,19,22,33H,1,15-18,20-21,23-24H2,3-4H3,(H3,40,42,43,44,45,46)/t33-/m0/s1. The highest BCUT2D eigenvalue weighted by molar-refractivity contribution is 5.96. The van der Waals surface area contributed by atoms with Crippen molar-refractivity contribution >= 4 is 46.5 Å². The van der Waals surface area contributed by atoms with Crippen LogP contribution in [-0.4, -0.2) is 94.1 Å². The van der Waals surface area contributed by atoms with Crippen molar-refractivity contribution in [1.82, 2.24) is 29.7 Å². The zero-order valence-electron chi connectivity index (χ0n) is 28.2. The third-order valence-corrected chi connectivity index (χ3v) is 8.61. The van der Waals surface area contributed by atoms with Crippen LogP contribution in [0.15, 0.2) is 84.5 Å². The number of fused-ring (bicyclic) bond motifs is 1. The molecule has 256 valence electrons. The van der Waals surface area contributed by atoms with Crippen LogP contribution in [-0.2, 0) is 24.2 Å². The molecule has 0 bridgehead atoms. The number of piperazine rings is 1. The summed E-state index contributed by atoms with van der Waals surface area (Å²) in [5.41, 5.74) is 5.78. The van der Waals surface area contributed by atoms with E-state index in [1.807, 2.05) is 30.5 Å². The van der Waals surface area contributed by atoms with Gasteiger partial charge in [-0.3, -0.25) is 14.7 Å². The van der Waals surface area contributed by atoms with Crippen LogP contribution in [0.3, 0.4) is 0 Å². The number of nitrogens with zero attached hydrogens (tertiary/aromatic N) is 8. The first-order chi connectivity index (χ1) is 24.2. The Morgan fingerprint density at radius 1 is 1.00 bits per heavy atom. The average molecular weight is 674 g/mol. The molecular formula is C37H40FN11O. The van der Waals surface area contributed by atoms with E-state index >= 15 is 0 Å². The molecule has 1 saturated heterocycles. The van der Waals surface area contributed by atoms with Crippen LogP contribution in [0, 0.1) is 12.4 Å². The van der Waals surface area contributed by atoms with Gasteiger partial charge in [-0.15, -0.1) is 0 Å². The highest BCUT2D eigenvalue weighted by Crippen LogP contribution is 2.27. The van der Waals surface area contributed by atoms with E-state index in [0.29, 0.717) is 30.8 Å². The molecule has 3 heterocycles. The Morgan fingerprint density at radius 2 is 1.76 bits per heavy atom. The average Bonchev–Trinajstić information content (AvgIpc) is 3.53. The summed E-state index contributed by atoms with van der Waals surface area (Å²) in [6, 6.07) is 19.2. The highest BCUT2D eigenvalue weighted by atomic mass is 19.1. The number of carbonyl (C=O) groups excluding carboxylic acids is 1. The number of anilines is 4. The van der Waals surface area contributed by atoms with Crippen LogP contribution >= 0.6 is 0 Å². The maximum atomic E-state index is 13.8. The van der Waals surface area contributed by atoms with Gasteiger partial charge in [0.05, 0.1) is 18.8 Å². The van der Waals surface area contributed by atoms with E-state index in [-0.39, 0.29) is 29.6 Å². The van der Waals surface area contributed by atoms with E-state index in [1.54, 1.807) is 32.3 Å². The first-order valence-electron chi connectivity index (χ1n) is 16.5. The maximum Gasteiger partial charge on any atom is 0.244 e. The Morgan fingerprint density at radius 3 is 2.50 bits per heavy atom. The second kappa shape index (κ2) is 15.6. The Kier molecular flexibility index (Phi) is 10.6. The van der Waals surface area contributed by atoms with Crippen LogP contribution in [0.2, 0.25) is 0 Å². The summed E-state index contributed by atoms with van der Waals surface area (Å²) in [5, 5.41) is 9.84. The molecule has 1 amide bonds.